The van der Waals surface area contributed by atoms with E-state index < -0.39 is 0 Å². The predicted octanol–water partition coefficient (Wildman–Crippen LogP) is 4.02. The number of rotatable bonds is 5. The van der Waals surface area contributed by atoms with Crippen molar-refractivity contribution in [3.05, 3.63) is 83.9 Å². The summed E-state index contributed by atoms with van der Waals surface area (Å²) in [5.41, 5.74) is 2.17. The van der Waals surface area contributed by atoms with Crippen LogP contribution in [0.5, 0.6) is 11.5 Å². The molecule has 0 aliphatic rings. The van der Waals surface area contributed by atoms with Gasteiger partial charge in [0.05, 0.1) is 12.7 Å². The van der Waals surface area contributed by atoms with Crippen LogP contribution in [0.15, 0.2) is 67.0 Å². The standard InChI is InChI=1S/C20H16FN5O/c1-14-11-15(8-9-18(14)21)20-23-25-26(24-20)13-16-5-2-3-7-19(16)27-17-6-4-10-22-12-17/h2-12H,13H2,1H3. The number of halogens is 1. The molecule has 0 aliphatic heterocycles. The van der Waals surface area contributed by atoms with Gasteiger partial charge in [0.2, 0.25) is 5.82 Å². The van der Waals surface area contributed by atoms with Crippen molar-refractivity contribution in [3.8, 4) is 22.9 Å². The first-order chi connectivity index (χ1) is 13.2. The zero-order valence-electron chi connectivity index (χ0n) is 14.6. The molecule has 0 N–H and O–H groups in total. The quantitative estimate of drug-likeness (QED) is 0.537. The van der Waals surface area contributed by atoms with E-state index in [0.717, 1.165) is 11.1 Å². The van der Waals surface area contributed by atoms with Crippen molar-refractivity contribution in [3.63, 3.8) is 0 Å². The lowest BCUT2D eigenvalue weighted by molar-refractivity contribution is 0.464. The third-order valence-corrected chi connectivity index (χ3v) is 4.02. The van der Waals surface area contributed by atoms with Gasteiger partial charge in [-0.05, 0) is 54.1 Å². The average Bonchev–Trinajstić information content (AvgIpc) is 3.15. The molecule has 0 saturated carbocycles. The molecule has 0 bridgehead atoms. The third kappa shape index (κ3) is 3.82. The van der Waals surface area contributed by atoms with E-state index in [4.69, 9.17) is 4.74 Å². The van der Waals surface area contributed by atoms with Crippen LogP contribution in [0.25, 0.3) is 11.4 Å². The smallest absolute Gasteiger partial charge is 0.204 e. The molecule has 134 valence electrons. The van der Waals surface area contributed by atoms with E-state index in [1.54, 1.807) is 31.5 Å². The van der Waals surface area contributed by atoms with Gasteiger partial charge < -0.3 is 4.74 Å². The summed E-state index contributed by atoms with van der Waals surface area (Å²) >= 11 is 0. The van der Waals surface area contributed by atoms with Crippen LogP contribution in [0.3, 0.4) is 0 Å². The van der Waals surface area contributed by atoms with Gasteiger partial charge in [-0.1, -0.05) is 18.2 Å². The van der Waals surface area contributed by atoms with Gasteiger partial charge in [0.15, 0.2) is 0 Å². The fourth-order valence-corrected chi connectivity index (χ4v) is 2.63. The number of tetrazole rings is 1. The average molecular weight is 361 g/mol. The fourth-order valence-electron chi connectivity index (χ4n) is 2.63. The SMILES string of the molecule is Cc1cc(-c2nnn(Cc3ccccc3Oc3cccnc3)n2)ccc1F. The number of hydrogen-bond donors (Lipinski definition) is 0. The first-order valence-electron chi connectivity index (χ1n) is 8.39. The molecule has 0 amide bonds. The maximum Gasteiger partial charge on any atom is 0.204 e. The monoisotopic (exact) mass is 361 g/mol. The van der Waals surface area contributed by atoms with Gasteiger partial charge in [-0.15, -0.1) is 10.2 Å². The van der Waals surface area contributed by atoms with E-state index in [9.17, 15) is 4.39 Å². The Morgan fingerprint density at radius 2 is 1.96 bits per heavy atom. The van der Waals surface area contributed by atoms with E-state index in [-0.39, 0.29) is 5.82 Å². The number of para-hydroxylation sites is 1. The van der Waals surface area contributed by atoms with Crippen LogP contribution in [0.4, 0.5) is 4.39 Å². The van der Waals surface area contributed by atoms with Crippen molar-refractivity contribution in [1.82, 2.24) is 25.2 Å². The number of benzene rings is 2. The van der Waals surface area contributed by atoms with Crippen molar-refractivity contribution in [2.75, 3.05) is 0 Å². The van der Waals surface area contributed by atoms with Crippen LogP contribution in [0, 0.1) is 12.7 Å². The Morgan fingerprint density at radius 1 is 1.07 bits per heavy atom. The van der Waals surface area contributed by atoms with E-state index in [2.05, 4.69) is 20.4 Å². The minimum atomic E-state index is -0.257. The number of nitrogens with zero attached hydrogens (tertiary/aromatic N) is 5. The summed E-state index contributed by atoms with van der Waals surface area (Å²) in [5.74, 6) is 1.54. The van der Waals surface area contributed by atoms with Crippen LogP contribution < -0.4 is 4.74 Å². The molecule has 0 aliphatic carbocycles. The Labute approximate surface area is 155 Å². The Balaban J connectivity index is 1.57. The maximum absolute atomic E-state index is 13.5. The molecule has 0 fully saturated rings. The second-order valence-corrected chi connectivity index (χ2v) is 6.01. The van der Waals surface area contributed by atoms with Crippen LogP contribution in [-0.2, 0) is 6.54 Å². The highest BCUT2D eigenvalue weighted by Gasteiger charge is 2.11. The summed E-state index contributed by atoms with van der Waals surface area (Å²) in [4.78, 5) is 5.54. The summed E-state index contributed by atoms with van der Waals surface area (Å²) in [6, 6.07) is 16.0. The molecule has 0 spiro atoms. The van der Waals surface area contributed by atoms with E-state index in [0.29, 0.717) is 29.4 Å². The number of aromatic nitrogens is 5. The van der Waals surface area contributed by atoms with Crippen LogP contribution in [-0.4, -0.2) is 25.2 Å². The first-order valence-corrected chi connectivity index (χ1v) is 8.39. The Kier molecular flexibility index (Phi) is 4.57. The molecule has 0 radical (unpaired) electrons. The van der Waals surface area contributed by atoms with E-state index >= 15 is 0 Å². The largest absolute Gasteiger partial charge is 0.455 e. The Bertz CT molecular complexity index is 1060. The van der Waals surface area contributed by atoms with Gasteiger partial charge in [-0.25, -0.2) is 4.39 Å². The van der Waals surface area contributed by atoms with Crippen molar-refractivity contribution in [2.24, 2.45) is 0 Å². The minimum absolute atomic E-state index is 0.257. The molecule has 4 aromatic rings. The van der Waals surface area contributed by atoms with Gasteiger partial charge in [-0.3, -0.25) is 4.98 Å². The van der Waals surface area contributed by atoms with E-state index in [1.165, 1.54) is 10.9 Å². The molecule has 6 nitrogen and oxygen atoms in total. The van der Waals surface area contributed by atoms with Gasteiger partial charge in [0.25, 0.3) is 0 Å². The lowest BCUT2D eigenvalue weighted by Gasteiger charge is -2.10. The van der Waals surface area contributed by atoms with Crippen LogP contribution >= 0.6 is 0 Å². The summed E-state index contributed by atoms with van der Waals surface area (Å²) in [6.45, 7) is 2.10. The summed E-state index contributed by atoms with van der Waals surface area (Å²) in [6.07, 6.45) is 3.34. The number of hydrogen-bond acceptors (Lipinski definition) is 5. The molecule has 2 heterocycles. The maximum atomic E-state index is 13.5. The highest BCUT2D eigenvalue weighted by atomic mass is 19.1. The Hall–Kier alpha value is -3.61. The molecule has 0 atom stereocenters. The topological polar surface area (TPSA) is 65.7 Å². The molecular formula is C20H16FN5O. The molecule has 27 heavy (non-hydrogen) atoms. The summed E-state index contributed by atoms with van der Waals surface area (Å²) in [7, 11) is 0. The van der Waals surface area contributed by atoms with Gasteiger partial charge in [0, 0.05) is 17.3 Å². The van der Waals surface area contributed by atoms with Crippen molar-refractivity contribution in [1.29, 1.82) is 0 Å². The predicted molar refractivity (Wildman–Crippen MR) is 97.8 cm³/mol. The highest BCUT2D eigenvalue weighted by Crippen LogP contribution is 2.25. The molecule has 0 saturated heterocycles. The van der Waals surface area contributed by atoms with Crippen molar-refractivity contribution >= 4 is 0 Å². The number of pyridine rings is 1. The van der Waals surface area contributed by atoms with Crippen LogP contribution in [0.1, 0.15) is 11.1 Å². The third-order valence-electron chi connectivity index (χ3n) is 4.02. The fraction of sp³-hybridized carbons (Fsp3) is 0.100. The second kappa shape index (κ2) is 7.33. The Morgan fingerprint density at radius 3 is 2.78 bits per heavy atom. The lowest BCUT2D eigenvalue weighted by Crippen LogP contribution is -2.05. The zero-order chi connectivity index (χ0) is 18.6. The van der Waals surface area contributed by atoms with Crippen molar-refractivity contribution in [2.45, 2.75) is 13.5 Å². The first kappa shape index (κ1) is 16.8. The summed E-state index contributed by atoms with van der Waals surface area (Å²) < 4.78 is 19.4. The van der Waals surface area contributed by atoms with Gasteiger partial charge in [-0.2, -0.15) is 4.80 Å². The molecular weight excluding hydrogens is 345 g/mol. The molecule has 0 unspecified atom stereocenters. The zero-order valence-corrected chi connectivity index (χ0v) is 14.6. The number of aryl methyl sites for hydroxylation is 1. The number of ether oxygens (including phenoxy) is 1. The molecule has 4 rings (SSSR count). The van der Waals surface area contributed by atoms with Crippen molar-refractivity contribution < 1.29 is 9.13 Å². The minimum Gasteiger partial charge on any atom is -0.455 e. The van der Waals surface area contributed by atoms with E-state index in [1.807, 2.05) is 36.4 Å². The molecule has 2 aromatic carbocycles. The van der Waals surface area contributed by atoms with Gasteiger partial charge in [0.1, 0.15) is 17.3 Å². The molecule has 2 aromatic heterocycles. The van der Waals surface area contributed by atoms with Gasteiger partial charge >= 0.3 is 0 Å². The van der Waals surface area contributed by atoms with Crippen LogP contribution in [0.2, 0.25) is 0 Å². The molecule has 7 heteroatoms. The normalized spacial score (nSPS) is 10.7. The lowest BCUT2D eigenvalue weighted by atomic mass is 10.1. The summed E-state index contributed by atoms with van der Waals surface area (Å²) in [5, 5.41) is 12.6. The highest BCUT2D eigenvalue weighted by molar-refractivity contribution is 5.55. The second-order valence-electron chi connectivity index (χ2n) is 6.01.